The number of benzene rings is 1. The highest BCUT2D eigenvalue weighted by molar-refractivity contribution is 6.30. The highest BCUT2D eigenvalue weighted by Crippen LogP contribution is 2.17. The number of hydrogen-bond acceptors (Lipinski definition) is 2. The topological polar surface area (TPSA) is 38.3 Å². The monoisotopic (exact) mass is 255 g/mol. The minimum absolute atomic E-state index is 0.0576. The van der Waals surface area contributed by atoms with Crippen LogP contribution < -0.4 is 5.32 Å². The molecule has 1 aromatic rings. The highest BCUT2D eigenvalue weighted by atomic mass is 35.5. The molecule has 0 fully saturated rings. The Balaban J connectivity index is 2.48. The molecule has 0 saturated carbocycles. The lowest BCUT2D eigenvalue weighted by atomic mass is 10.1. The standard InChI is InChI=1S/C13H18ClNO2/c1-9(2)17-8-13(16)15-10(3)11-5-4-6-12(14)7-11/h4-7,9-10H,8H2,1-3H3,(H,15,16)/t10-/m1/s1. The molecule has 0 aliphatic heterocycles. The van der Waals surface area contributed by atoms with Gasteiger partial charge in [0, 0.05) is 5.02 Å². The fraction of sp³-hybridized carbons (Fsp3) is 0.462. The summed E-state index contributed by atoms with van der Waals surface area (Å²) in [5, 5.41) is 3.52. The minimum Gasteiger partial charge on any atom is -0.369 e. The van der Waals surface area contributed by atoms with Crippen molar-refractivity contribution in [2.45, 2.75) is 32.9 Å². The summed E-state index contributed by atoms with van der Waals surface area (Å²) >= 11 is 5.89. The van der Waals surface area contributed by atoms with Crippen LogP contribution in [0.2, 0.25) is 5.02 Å². The van der Waals surface area contributed by atoms with E-state index in [0.29, 0.717) is 5.02 Å². The number of rotatable bonds is 5. The van der Waals surface area contributed by atoms with Crippen molar-refractivity contribution in [1.82, 2.24) is 5.32 Å². The molecule has 1 aromatic carbocycles. The molecule has 1 rings (SSSR count). The first-order valence-electron chi connectivity index (χ1n) is 5.65. The largest absolute Gasteiger partial charge is 0.369 e. The number of amides is 1. The lowest BCUT2D eigenvalue weighted by Crippen LogP contribution is -2.31. The van der Waals surface area contributed by atoms with Crippen molar-refractivity contribution in [3.63, 3.8) is 0 Å². The SMILES string of the molecule is CC(C)OCC(=O)N[C@H](C)c1cccc(Cl)c1. The first-order chi connectivity index (χ1) is 7.99. The van der Waals surface area contributed by atoms with Crippen molar-refractivity contribution in [1.29, 1.82) is 0 Å². The van der Waals surface area contributed by atoms with Crippen LogP contribution in [0.5, 0.6) is 0 Å². The van der Waals surface area contributed by atoms with E-state index in [0.717, 1.165) is 5.56 Å². The third-order valence-corrected chi connectivity index (χ3v) is 2.51. The van der Waals surface area contributed by atoms with Crippen LogP contribution in [0.25, 0.3) is 0 Å². The molecular weight excluding hydrogens is 238 g/mol. The van der Waals surface area contributed by atoms with E-state index in [9.17, 15) is 4.79 Å². The van der Waals surface area contributed by atoms with Crippen LogP contribution >= 0.6 is 11.6 Å². The molecule has 0 unspecified atom stereocenters. The van der Waals surface area contributed by atoms with E-state index in [1.54, 1.807) is 0 Å². The molecule has 1 amide bonds. The van der Waals surface area contributed by atoms with E-state index < -0.39 is 0 Å². The van der Waals surface area contributed by atoms with E-state index in [2.05, 4.69) is 5.32 Å². The Morgan fingerprint density at radius 3 is 2.71 bits per heavy atom. The van der Waals surface area contributed by atoms with Gasteiger partial charge in [-0.3, -0.25) is 4.79 Å². The second-order valence-corrected chi connectivity index (χ2v) is 4.64. The smallest absolute Gasteiger partial charge is 0.246 e. The maximum Gasteiger partial charge on any atom is 0.246 e. The van der Waals surface area contributed by atoms with Gasteiger partial charge < -0.3 is 10.1 Å². The number of hydrogen-bond donors (Lipinski definition) is 1. The van der Waals surface area contributed by atoms with Gasteiger partial charge in [-0.25, -0.2) is 0 Å². The van der Waals surface area contributed by atoms with Crippen LogP contribution in [0, 0.1) is 0 Å². The zero-order valence-corrected chi connectivity index (χ0v) is 11.1. The second kappa shape index (κ2) is 6.62. The van der Waals surface area contributed by atoms with Gasteiger partial charge in [-0.15, -0.1) is 0 Å². The first-order valence-corrected chi connectivity index (χ1v) is 6.03. The van der Waals surface area contributed by atoms with Gasteiger partial charge in [0.05, 0.1) is 12.1 Å². The summed E-state index contributed by atoms with van der Waals surface area (Å²) in [5.74, 6) is -0.119. The fourth-order valence-corrected chi connectivity index (χ4v) is 1.58. The minimum atomic E-state index is -0.119. The van der Waals surface area contributed by atoms with Gasteiger partial charge in [-0.05, 0) is 38.5 Å². The summed E-state index contributed by atoms with van der Waals surface area (Å²) in [6, 6.07) is 7.37. The van der Waals surface area contributed by atoms with Crippen LogP contribution in [0.4, 0.5) is 0 Å². The van der Waals surface area contributed by atoms with Gasteiger partial charge in [0.15, 0.2) is 0 Å². The van der Waals surface area contributed by atoms with Crippen LogP contribution in [0.15, 0.2) is 24.3 Å². The molecule has 17 heavy (non-hydrogen) atoms. The summed E-state index contributed by atoms with van der Waals surface area (Å²) in [7, 11) is 0. The molecule has 0 bridgehead atoms. The van der Waals surface area contributed by atoms with Crippen molar-refractivity contribution in [3.05, 3.63) is 34.9 Å². The third-order valence-electron chi connectivity index (χ3n) is 2.27. The number of carbonyl (C=O) groups is 1. The Morgan fingerprint density at radius 1 is 1.41 bits per heavy atom. The quantitative estimate of drug-likeness (QED) is 0.879. The molecule has 3 nitrogen and oxygen atoms in total. The number of carbonyl (C=O) groups excluding carboxylic acids is 1. The molecule has 0 saturated heterocycles. The van der Waals surface area contributed by atoms with Crippen molar-refractivity contribution >= 4 is 17.5 Å². The van der Waals surface area contributed by atoms with Crippen molar-refractivity contribution in [3.8, 4) is 0 Å². The maximum absolute atomic E-state index is 11.5. The zero-order valence-electron chi connectivity index (χ0n) is 10.4. The van der Waals surface area contributed by atoms with Crippen LogP contribution in [0.1, 0.15) is 32.4 Å². The third kappa shape index (κ3) is 5.20. The predicted molar refractivity (Wildman–Crippen MR) is 69.1 cm³/mol. The van der Waals surface area contributed by atoms with Crippen molar-refractivity contribution < 1.29 is 9.53 Å². The van der Waals surface area contributed by atoms with Gasteiger partial charge >= 0.3 is 0 Å². The van der Waals surface area contributed by atoms with Crippen molar-refractivity contribution in [2.75, 3.05) is 6.61 Å². The lowest BCUT2D eigenvalue weighted by Gasteiger charge is -2.15. The molecule has 0 aromatic heterocycles. The first kappa shape index (κ1) is 14.0. The van der Waals surface area contributed by atoms with Crippen molar-refractivity contribution in [2.24, 2.45) is 0 Å². The molecule has 94 valence electrons. The van der Waals surface area contributed by atoms with E-state index in [1.165, 1.54) is 0 Å². The Morgan fingerprint density at radius 2 is 2.12 bits per heavy atom. The van der Waals surface area contributed by atoms with Gasteiger partial charge in [-0.1, -0.05) is 23.7 Å². The highest BCUT2D eigenvalue weighted by Gasteiger charge is 2.10. The molecule has 0 aliphatic rings. The zero-order chi connectivity index (χ0) is 12.8. The van der Waals surface area contributed by atoms with Crippen LogP contribution in [-0.4, -0.2) is 18.6 Å². The summed E-state index contributed by atoms with van der Waals surface area (Å²) in [5.41, 5.74) is 0.982. The molecular formula is C13H18ClNO2. The van der Waals surface area contributed by atoms with E-state index in [-0.39, 0.29) is 24.7 Å². The maximum atomic E-state index is 11.5. The average molecular weight is 256 g/mol. The Labute approximate surface area is 107 Å². The Kier molecular flexibility index (Phi) is 5.45. The summed E-state index contributed by atoms with van der Waals surface area (Å²) in [6.45, 7) is 5.79. The Hall–Kier alpha value is -1.06. The number of ether oxygens (including phenoxy) is 1. The van der Waals surface area contributed by atoms with Crippen LogP contribution in [0.3, 0.4) is 0 Å². The fourth-order valence-electron chi connectivity index (χ4n) is 1.38. The summed E-state index contributed by atoms with van der Waals surface area (Å²) in [6.07, 6.45) is 0.0576. The molecule has 4 heteroatoms. The molecule has 0 radical (unpaired) electrons. The molecule has 0 spiro atoms. The molecule has 1 atom stereocenters. The molecule has 0 aliphatic carbocycles. The Bertz CT molecular complexity index is 379. The number of nitrogens with one attached hydrogen (secondary N) is 1. The average Bonchev–Trinajstić information content (AvgIpc) is 2.26. The van der Waals surface area contributed by atoms with Gasteiger partial charge in [0.2, 0.25) is 5.91 Å². The molecule has 1 N–H and O–H groups in total. The summed E-state index contributed by atoms with van der Waals surface area (Å²) < 4.78 is 5.23. The summed E-state index contributed by atoms with van der Waals surface area (Å²) in [4.78, 5) is 11.5. The molecule has 0 heterocycles. The van der Waals surface area contributed by atoms with Gasteiger partial charge in [0.25, 0.3) is 0 Å². The second-order valence-electron chi connectivity index (χ2n) is 4.20. The van der Waals surface area contributed by atoms with E-state index in [4.69, 9.17) is 16.3 Å². The number of halogens is 1. The predicted octanol–water partition coefficient (Wildman–Crippen LogP) is 2.94. The lowest BCUT2D eigenvalue weighted by molar-refractivity contribution is -0.127. The van der Waals surface area contributed by atoms with E-state index in [1.807, 2.05) is 45.0 Å². The van der Waals surface area contributed by atoms with Gasteiger partial charge in [-0.2, -0.15) is 0 Å². The van der Waals surface area contributed by atoms with Gasteiger partial charge in [0.1, 0.15) is 6.61 Å². The van der Waals surface area contributed by atoms with E-state index >= 15 is 0 Å². The normalized spacial score (nSPS) is 12.5. The van der Waals surface area contributed by atoms with Crippen LogP contribution in [-0.2, 0) is 9.53 Å².